The van der Waals surface area contributed by atoms with Gasteiger partial charge in [0.1, 0.15) is 6.54 Å². The van der Waals surface area contributed by atoms with Gasteiger partial charge in [-0.2, -0.15) is 0 Å². The van der Waals surface area contributed by atoms with Gasteiger partial charge < -0.3 is 4.48 Å². The van der Waals surface area contributed by atoms with Gasteiger partial charge in [-0.3, -0.25) is 0 Å². The zero-order valence-corrected chi connectivity index (χ0v) is 11.8. The van der Waals surface area contributed by atoms with Crippen LogP contribution in [0.25, 0.3) is 0 Å². The van der Waals surface area contributed by atoms with E-state index >= 15 is 0 Å². The monoisotopic (exact) mass is 262 g/mol. The van der Waals surface area contributed by atoms with Crippen LogP contribution in [-0.2, 0) is 6.42 Å². The number of allylic oxidation sites excluding steroid dienone is 1. The van der Waals surface area contributed by atoms with E-state index in [0.29, 0.717) is 0 Å². The molecule has 0 aromatic heterocycles. The van der Waals surface area contributed by atoms with Crippen LogP contribution in [-0.4, -0.2) is 31.2 Å². The standard InChI is InChI=1S/C16H21ClN/c1-18-10-8-14(9-11-18)15(12-18)5-2-13-3-6-16(17)7-4-13/h3-7,14H,2,8-12H2,1H3/q+1/b15-5+. The molecule has 0 radical (unpaired) electrons. The molecular weight excluding hydrogens is 242 g/mol. The molecule has 96 valence electrons. The van der Waals surface area contributed by atoms with E-state index in [0.717, 1.165) is 17.4 Å². The Hall–Kier alpha value is -0.790. The van der Waals surface area contributed by atoms with Crippen molar-refractivity contribution >= 4 is 11.6 Å². The molecule has 18 heavy (non-hydrogen) atoms. The van der Waals surface area contributed by atoms with Crippen LogP contribution in [0.1, 0.15) is 18.4 Å². The first-order valence-corrected chi connectivity index (χ1v) is 7.29. The van der Waals surface area contributed by atoms with Gasteiger partial charge in [-0.15, -0.1) is 0 Å². The molecule has 2 heteroatoms. The van der Waals surface area contributed by atoms with Crippen molar-refractivity contribution in [3.8, 4) is 0 Å². The summed E-state index contributed by atoms with van der Waals surface area (Å²) < 4.78 is 1.27. The lowest BCUT2D eigenvalue weighted by Gasteiger charge is -2.48. The van der Waals surface area contributed by atoms with Crippen LogP contribution in [0.15, 0.2) is 35.9 Å². The molecular formula is C16H21ClN+. The Morgan fingerprint density at radius 1 is 1.22 bits per heavy atom. The third kappa shape index (κ3) is 2.48. The number of hydrogen-bond donors (Lipinski definition) is 0. The third-order valence-corrected chi connectivity index (χ3v) is 4.89. The lowest BCUT2D eigenvalue weighted by molar-refractivity contribution is -0.917. The maximum Gasteiger partial charge on any atom is 0.100 e. The summed E-state index contributed by atoms with van der Waals surface area (Å²) in [7, 11) is 2.41. The summed E-state index contributed by atoms with van der Waals surface area (Å²) in [4.78, 5) is 0. The van der Waals surface area contributed by atoms with E-state index in [2.05, 4.69) is 25.3 Å². The van der Waals surface area contributed by atoms with Crippen LogP contribution >= 0.6 is 11.6 Å². The predicted molar refractivity (Wildman–Crippen MR) is 76.7 cm³/mol. The van der Waals surface area contributed by atoms with E-state index in [4.69, 9.17) is 11.6 Å². The van der Waals surface area contributed by atoms with Crippen molar-refractivity contribution in [1.29, 1.82) is 0 Å². The molecule has 1 aromatic rings. The molecule has 0 amide bonds. The molecule has 3 fully saturated rings. The fourth-order valence-corrected chi connectivity index (χ4v) is 3.52. The van der Waals surface area contributed by atoms with Gasteiger partial charge in [0.05, 0.1) is 20.1 Å². The molecule has 0 spiro atoms. The van der Waals surface area contributed by atoms with Gasteiger partial charge in [-0.05, 0) is 35.6 Å². The third-order valence-electron chi connectivity index (χ3n) is 4.64. The molecule has 1 aromatic carbocycles. The van der Waals surface area contributed by atoms with Gasteiger partial charge >= 0.3 is 0 Å². The first kappa shape index (κ1) is 12.3. The smallest absolute Gasteiger partial charge is 0.100 e. The molecule has 0 unspecified atom stereocenters. The number of fused-ring (bicyclic) bond motifs is 3. The molecule has 3 aliphatic rings. The summed E-state index contributed by atoms with van der Waals surface area (Å²) >= 11 is 5.91. The van der Waals surface area contributed by atoms with E-state index < -0.39 is 0 Å². The average molecular weight is 263 g/mol. The number of likely N-dealkylation sites (N-methyl/N-ethyl adjacent to an activating group) is 1. The second-order valence-electron chi connectivity index (χ2n) is 6.11. The van der Waals surface area contributed by atoms with Crippen LogP contribution in [0.4, 0.5) is 0 Å². The quantitative estimate of drug-likeness (QED) is 0.563. The van der Waals surface area contributed by atoms with E-state index in [-0.39, 0.29) is 0 Å². The minimum absolute atomic E-state index is 0.826. The van der Waals surface area contributed by atoms with Crippen LogP contribution in [0.5, 0.6) is 0 Å². The van der Waals surface area contributed by atoms with Crippen LogP contribution in [0.3, 0.4) is 0 Å². The van der Waals surface area contributed by atoms with E-state index in [9.17, 15) is 0 Å². The topological polar surface area (TPSA) is 0 Å². The zero-order chi connectivity index (χ0) is 12.6. The maximum absolute atomic E-state index is 5.91. The summed E-state index contributed by atoms with van der Waals surface area (Å²) in [5.41, 5.74) is 3.07. The van der Waals surface area contributed by atoms with Gasteiger partial charge in [-0.1, -0.05) is 29.8 Å². The molecule has 4 rings (SSSR count). The fourth-order valence-electron chi connectivity index (χ4n) is 3.39. The number of benzene rings is 1. The van der Waals surface area contributed by atoms with Crippen molar-refractivity contribution in [2.24, 2.45) is 5.92 Å². The molecule has 1 nitrogen and oxygen atoms in total. The highest BCUT2D eigenvalue weighted by molar-refractivity contribution is 6.30. The van der Waals surface area contributed by atoms with Crippen LogP contribution in [0, 0.1) is 5.92 Å². The lowest BCUT2D eigenvalue weighted by atomic mass is 9.81. The number of quaternary nitrogens is 1. The summed E-state index contributed by atoms with van der Waals surface area (Å²) in [6, 6.07) is 8.24. The Balaban J connectivity index is 1.71. The summed E-state index contributed by atoms with van der Waals surface area (Å²) in [5, 5.41) is 0.826. The highest BCUT2D eigenvalue weighted by Gasteiger charge is 2.39. The number of halogens is 1. The van der Waals surface area contributed by atoms with Gasteiger partial charge in [-0.25, -0.2) is 0 Å². The highest BCUT2D eigenvalue weighted by atomic mass is 35.5. The van der Waals surface area contributed by atoms with Crippen molar-refractivity contribution < 1.29 is 4.48 Å². The Morgan fingerprint density at radius 2 is 1.89 bits per heavy atom. The normalized spacial score (nSPS) is 33.0. The summed E-state index contributed by atoms with van der Waals surface area (Å²) in [5.74, 6) is 0.872. The second-order valence-corrected chi connectivity index (χ2v) is 6.55. The molecule has 3 aliphatic heterocycles. The first-order chi connectivity index (χ1) is 8.65. The summed E-state index contributed by atoms with van der Waals surface area (Å²) in [6.07, 6.45) is 6.32. The minimum atomic E-state index is 0.826. The molecule has 3 heterocycles. The van der Waals surface area contributed by atoms with Crippen molar-refractivity contribution in [3.05, 3.63) is 46.5 Å². The molecule has 2 bridgehead atoms. The van der Waals surface area contributed by atoms with E-state index in [1.54, 1.807) is 5.57 Å². The highest BCUT2D eigenvalue weighted by Crippen LogP contribution is 2.36. The fraction of sp³-hybridized carbons (Fsp3) is 0.500. The van der Waals surface area contributed by atoms with Crippen molar-refractivity contribution in [1.82, 2.24) is 0 Å². The predicted octanol–water partition coefficient (Wildman–Crippen LogP) is 3.68. The molecule has 0 aliphatic carbocycles. The van der Waals surface area contributed by atoms with Crippen molar-refractivity contribution in [2.75, 3.05) is 26.7 Å². The number of piperidine rings is 3. The van der Waals surface area contributed by atoms with Crippen LogP contribution < -0.4 is 0 Å². The first-order valence-electron chi connectivity index (χ1n) is 6.92. The van der Waals surface area contributed by atoms with Gasteiger partial charge in [0.15, 0.2) is 0 Å². The minimum Gasteiger partial charge on any atom is -0.323 e. The van der Waals surface area contributed by atoms with E-state index in [1.165, 1.54) is 42.5 Å². The Morgan fingerprint density at radius 3 is 2.50 bits per heavy atom. The lowest BCUT2D eigenvalue weighted by Crippen LogP contribution is -2.56. The molecule has 0 atom stereocenters. The van der Waals surface area contributed by atoms with Crippen molar-refractivity contribution in [3.63, 3.8) is 0 Å². The summed E-state index contributed by atoms with van der Waals surface area (Å²) in [6.45, 7) is 4.03. The van der Waals surface area contributed by atoms with Crippen LogP contribution in [0.2, 0.25) is 5.02 Å². The second kappa shape index (κ2) is 4.71. The number of nitrogens with zero attached hydrogens (tertiary/aromatic N) is 1. The number of hydrogen-bond acceptors (Lipinski definition) is 0. The average Bonchev–Trinajstić information content (AvgIpc) is 2.38. The largest absolute Gasteiger partial charge is 0.323 e. The van der Waals surface area contributed by atoms with Gasteiger partial charge in [0.25, 0.3) is 0 Å². The Labute approximate surface area is 115 Å². The molecule has 0 saturated carbocycles. The number of rotatable bonds is 2. The Bertz CT molecular complexity index is 452. The van der Waals surface area contributed by atoms with Gasteiger partial charge in [0, 0.05) is 17.9 Å². The zero-order valence-electron chi connectivity index (χ0n) is 11.0. The maximum atomic E-state index is 5.91. The van der Waals surface area contributed by atoms with Crippen molar-refractivity contribution in [2.45, 2.75) is 19.3 Å². The molecule has 0 N–H and O–H groups in total. The molecule has 3 saturated heterocycles. The van der Waals surface area contributed by atoms with Gasteiger partial charge in [0.2, 0.25) is 0 Å². The Kier molecular flexibility index (Phi) is 3.21. The SMILES string of the molecule is C[N+]12CCC(CC1)/C(=C/Cc1ccc(Cl)cc1)C2. The van der Waals surface area contributed by atoms with E-state index in [1.807, 2.05) is 12.1 Å².